The van der Waals surface area contributed by atoms with E-state index in [1.54, 1.807) is 21.1 Å². The maximum Gasteiger partial charge on any atom is 0.323 e. The number of hydrogen-bond acceptors (Lipinski definition) is 5. The Morgan fingerprint density at radius 2 is 2.00 bits per heavy atom. The summed E-state index contributed by atoms with van der Waals surface area (Å²) in [5, 5.41) is 0. The summed E-state index contributed by atoms with van der Waals surface area (Å²) in [6.45, 7) is 2.59. The zero-order valence-corrected chi connectivity index (χ0v) is 8.99. The highest BCUT2D eigenvalue weighted by Crippen LogP contribution is 1.98. The molecule has 0 aromatic carbocycles. The average Bonchev–Trinajstić information content (AvgIpc) is 2.14. The highest BCUT2D eigenvalue weighted by atomic mass is 16.6. The zero-order valence-electron chi connectivity index (χ0n) is 8.99. The van der Waals surface area contributed by atoms with Gasteiger partial charge in [0.1, 0.15) is 12.1 Å². The Labute approximate surface area is 84.5 Å². The molecule has 0 saturated carbocycles. The van der Waals surface area contributed by atoms with Crippen LogP contribution in [0.15, 0.2) is 0 Å². The fraction of sp³-hybridized carbons (Fsp3) is 0.889. The van der Waals surface area contributed by atoms with Crippen LogP contribution in [-0.2, 0) is 19.0 Å². The third-order valence-corrected chi connectivity index (χ3v) is 1.65. The molecule has 0 radical (unpaired) electrons. The number of ether oxygens (including phenoxy) is 3. The summed E-state index contributed by atoms with van der Waals surface area (Å²) in [6, 6.07) is -0.616. The van der Waals surface area contributed by atoms with E-state index < -0.39 is 12.0 Å². The van der Waals surface area contributed by atoms with Gasteiger partial charge in [0.05, 0.1) is 6.61 Å². The number of esters is 1. The Balaban J connectivity index is 3.71. The molecule has 0 aliphatic rings. The lowest BCUT2D eigenvalue weighted by atomic mass is 10.2. The van der Waals surface area contributed by atoms with Crippen LogP contribution in [0.25, 0.3) is 0 Å². The minimum atomic E-state index is -0.616. The van der Waals surface area contributed by atoms with Crippen molar-refractivity contribution in [3.63, 3.8) is 0 Å². The molecule has 0 aliphatic heterocycles. The van der Waals surface area contributed by atoms with Crippen LogP contribution in [0.1, 0.15) is 13.3 Å². The summed E-state index contributed by atoms with van der Waals surface area (Å²) in [5.74, 6) is -0.411. The first-order chi connectivity index (χ1) is 6.61. The predicted octanol–water partition coefficient (Wildman–Crippen LogP) is -0.0717. The topological polar surface area (TPSA) is 70.8 Å². The van der Waals surface area contributed by atoms with Crippen molar-refractivity contribution in [2.45, 2.75) is 25.5 Å². The van der Waals surface area contributed by atoms with Gasteiger partial charge in [0, 0.05) is 20.8 Å². The van der Waals surface area contributed by atoms with Gasteiger partial charge in [-0.3, -0.25) is 4.79 Å². The normalized spacial score (nSPS) is 14.9. The highest BCUT2D eigenvalue weighted by Gasteiger charge is 2.17. The van der Waals surface area contributed by atoms with Crippen LogP contribution in [0.4, 0.5) is 0 Å². The van der Waals surface area contributed by atoms with Crippen molar-refractivity contribution in [3.05, 3.63) is 0 Å². The lowest BCUT2D eigenvalue weighted by Crippen LogP contribution is -2.36. The van der Waals surface area contributed by atoms with E-state index in [4.69, 9.17) is 19.9 Å². The van der Waals surface area contributed by atoms with Crippen molar-refractivity contribution in [2.75, 3.05) is 27.4 Å². The molecule has 0 bridgehead atoms. The van der Waals surface area contributed by atoms with Crippen LogP contribution in [0.5, 0.6) is 0 Å². The first kappa shape index (κ1) is 13.4. The molecule has 0 rings (SSSR count). The summed E-state index contributed by atoms with van der Waals surface area (Å²) in [4.78, 5) is 11.3. The Bertz CT molecular complexity index is 163. The summed E-state index contributed by atoms with van der Waals surface area (Å²) in [5.41, 5.74) is 5.55. The van der Waals surface area contributed by atoms with E-state index in [1.165, 1.54) is 0 Å². The Kier molecular flexibility index (Phi) is 7.37. The third-order valence-electron chi connectivity index (χ3n) is 1.65. The fourth-order valence-electron chi connectivity index (χ4n) is 0.917. The molecule has 5 heteroatoms. The van der Waals surface area contributed by atoms with Gasteiger partial charge >= 0.3 is 5.97 Å². The van der Waals surface area contributed by atoms with E-state index in [1.807, 2.05) is 0 Å². The molecule has 5 nitrogen and oxygen atoms in total. The van der Waals surface area contributed by atoms with Crippen LogP contribution >= 0.6 is 0 Å². The molecule has 0 aromatic rings. The van der Waals surface area contributed by atoms with Crippen molar-refractivity contribution < 1.29 is 19.0 Å². The smallest absolute Gasteiger partial charge is 0.323 e. The number of rotatable bonds is 7. The second-order valence-electron chi connectivity index (χ2n) is 3.09. The SMILES string of the molecule is COCCC(N)C(=O)OC(C)COC. The molecular weight excluding hydrogens is 186 g/mol. The van der Waals surface area contributed by atoms with Gasteiger partial charge in [0.15, 0.2) is 0 Å². The molecule has 2 unspecified atom stereocenters. The van der Waals surface area contributed by atoms with E-state index in [0.717, 1.165) is 0 Å². The van der Waals surface area contributed by atoms with Gasteiger partial charge in [-0.1, -0.05) is 0 Å². The lowest BCUT2D eigenvalue weighted by Gasteiger charge is -2.15. The van der Waals surface area contributed by atoms with Gasteiger partial charge in [-0.25, -0.2) is 0 Å². The summed E-state index contributed by atoms with van der Waals surface area (Å²) < 4.78 is 14.6. The maximum atomic E-state index is 11.3. The van der Waals surface area contributed by atoms with Gasteiger partial charge in [-0.2, -0.15) is 0 Å². The van der Waals surface area contributed by atoms with E-state index in [-0.39, 0.29) is 6.10 Å². The quantitative estimate of drug-likeness (QED) is 0.589. The number of carbonyl (C=O) groups is 1. The minimum Gasteiger partial charge on any atom is -0.459 e. The second kappa shape index (κ2) is 7.73. The fourth-order valence-corrected chi connectivity index (χ4v) is 0.917. The molecule has 0 aromatic heterocycles. The number of methoxy groups -OCH3 is 2. The van der Waals surface area contributed by atoms with Gasteiger partial charge in [-0.05, 0) is 13.3 Å². The number of hydrogen-bond donors (Lipinski definition) is 1. The Morgan fingerprint density at radius 1 is 1.36 bits per heavy atom. The van der Waals surface area contributed by atoms with Crippen LogP contribution < -0.4 is 5.73 Å². The Morgan fingerprint density at radius 3 is 2.50 bits per heavy atom. The average molecular weight is 205 g/mol. The monoisotopic (exact) mass is 205 g/mol. The number of carbonyl (C=O) groups excluding carboxylic acids is 1. The molecule has 0 amide bonds. The first-order valence-corrected chi connectivity index (χ1v) is 4.55. The molecule has 2 N–H and O–H groups in total. The Hall–Kier alpha value is -0.650. The number of nitrogens with two attached hydrogens (primary N) is 1. The minimum absolute atomic E-state index is 0.263. The molecule has 2 atom stereocenters. The molecule has 0 heterocycles. The van der Waals surface area contributed by atoms with E-state index in [2.05, 4.69) is 0 Å². The van der Waals surface area contributed by atoms with Gasteiger partial charge in [-0.15, -0.1) is 0 Å². The maximum absolute atomic E-state index is 11.3. The largest absolute Gasteiger partial charge is 0.459 e. The molecule has 0 fully saturated rings. The molecule has 0 saturated heterocycles. The molecule has 0 aliphatic carbocycles. The van der Waals surface area contributed by atoms with Crippen molar-refractivity contribution >= 4 is 5.97 Å². The molecular formula is C9H19NO4. The summed E-state index contributed by atoms with van der Waals surface area (Å²) in [7, 11) is 3.11. The lowest BCUT2D eigenvalue weighted by molar-refractivity contribution is -0.152. The standard InChI is InChI=1S/C9H19NO4/c1-7(6-13-3)14-9(11)8(10)4-5-12-2/h7-8H,4-6,10H2,1-3H3. The van der Waals surface area contributed by atoms with Crippen molar-refractivity contribution in [1.29, 1.82) is 0 Å². The van der Waals surface area contributed by atoms with Gasteiger partial charge in [0.2, 0.25) is 0 Å². The highest BCUT2D eigenvalue weighted by molar-refractivity contribution is 5.75. The second-order valence-corrected chi connectivity index (χ2v) is 3.09. The third kappa shape index (κ3) is 5.90. The van der Waals surface area contributed by atoms with Gasteiger partial charge in [0.25, 0.3) is 0 Å². The van der Waals surface area contributed by atoms with E-state index >= 15 is 0 Å². The summed E-state index contributed by atoms with van der Waals surface area (Å²) in [6.07, 6.45) is 0.204. The molecule has 0 spiro atoms. The van der Waals surface area contributed by atoms with Crippen molar-refractivity contribution in [3.8, 4) is 0 Å². The van der Waals surface area contributed by atoms with Gasteiger partial charge < -0.3 is 19.9 Å². The summed E-state index contributed by atoms with van der Waals surface area (Å²) >= 11 is 0. The first-order valence-electron chi connectivity index (χ1n) is 4.55. The van der Waals surface area contributed by atoms with E-state index in [0.29, 0.717) is 19.6 Å². The predicted molar refractivity (Wildman–Crippen MR) is 51.9 cm³/mol. The van der Waals surface area contributed by atoms with Crippen molar-refractivity contribution in [1.82, 2.24) is 0 Å². The molecule has 14 heavy (non-hydrogen) atoms. The van der Waals surface area contributed by atoms with Crippen LogP contribution in [-0.4, -0.2) is 45.5 Å². The van der Waals surface area contributed by atoms with Crippen LogP contribution in [0.2, 0.25) is 0 Å². The molecule has 84 valence electrons. The van der Waals surface area contributed by atoms with Crippen LogP contribution in [0, 0.1) is 0 Å². The van der Waals surface area contributed by atoms with E-state index in [9.17, 15) is 4.79 Å². The van der Waals surface area contributed by atoms with Crippen molar-refractivity contribution in [2.24, 2.45) is 5.73 Å². The van der Waals surface area contributed by atoms with Crippen LogP contribution in [0.3, 0.4) is 0 Å². The zero-order chi connectivity index (χ0) is 11.0.